The van der Waals surface area contributed by atoms with E-state index in [2.05, 4.69) is 5.32 Å². The van der Waals surface area contributed by atoms with Crippen LogP contribution in [-0.2, 0) is 14.8 Å². The minimum atomic E-state index is -4.12. The number of rotatable bonds is 10. The molecule has 0 bridgehead atoms. The number of hydrogen-bond acceptors (Lipinski definition) is 5. The number of benzene rings is 3. The van der Waals surface area contributed by atoms with Crippen LogP contribution in [0.1, 0.15) is 12.5 Å². The van der Waals surface area contributed by atoms with Gasteiger partial charge in [0.05, 0.1) is 23.7 Å². The standard InChI is InChI=1S/C25H27FN2O5S/c1-18-6-4-5-7-24(18)33-17-19(2)27-25(29)16-28(21-10-8-20(26)9-11-21)34(30,31)23-14-12-22(32-3)13-15-23/h4-15,19H,16-17H2,1-3H3,(H,27,29). The number of sulfonamides is 1. The molecule has 0 aliphatic rings. The molecule has 0 fully saturated rings. The third-order valence-corrected chi connectivity index (χ3v) is 6.83. The van der Waals surface area contributed by atoms with E-state index in [9.17, 15) is 17.6 Å². The second-order valence-corrected chi connectivity index (χ2v) is 9.57. The van der Waals surface area contributed by atoms with Gasteiger partial charge in [0.15, 0.2) is 0 Å². The Balaban J connectivity index is 1.76. The summed E-state index contributed by atoms with van der Waals surface area (Å²) in [7, 11) is -2.65. The van der Waals surface area contributed by atoms with Gasteiger partial charge in [-0.3, -0.25) is 9.10 Å². The Morgan fingerprint density at radius 1 is 1.03 bits per heavy atom. The lowest BCUT2D eigenvalue weighted by molar-refractivity contribution is -0.120. The van der Waals surface area contributed by atoms with Gasteiger partial charge in [-0.05, 0) is 74.0 Å². The molecule has 0 radical (unpaired) electrons. The largest absolute Gasteiger partial charge is 0.497 e. The van der Waals surface area contributed by atoms with Crippen molar-refractivity contribution in [3.05, 3.63) is 84.2 Å². The number of anilines is 1. The molecule has 0 saturated heterocycles. The number of ether oxygens (including phenoxy) is 2. The SMILES string of the molecule is COc1ccc(S(=O)(=O)N(CC(=O)NC(C)COc2ccccc2C)c2ccc(F)cc2)cc1. The molecular formula is C25H27FN2O5S. The van der Waals surface area contributed by atoms with Crippen LogP contribution < -0.4 is 19.1 Å². The Morgan fingerprint density at radius 2 is 1.68 bits per heavy atom. The summed E-state index contributed by atoms with van der Waals surface area (Å²) in [5.74, 6) is 0.158. The van der Waals surface area contributed by atoms with Crippen LogP contribution in [0.5, 0.6) is 11.5 Å². The summed E-state index contributed by atoms with van der Waals surface area (Å²) < 4.78 is 52.0. The fourth-order valence-electron chi connectivity index (χ4n) is 3.22. The number of methoxy groups -OCH3 is 1. The van der Waals surface area contributed by atoms with E-state index in [1.54, 1.807) is 6.92 Å². The zero-order chi connectivity index (χ0) is 24.7. The highest BCUT2D eigenvalue weighted by Gasteiger charge is 2.28. The zero-order valence-electron chi connectivity index (χ0n) is 19.2. The van der Waals surface area contributed by atoms with E-state index in [1.165, 1.54) is 43.5 Å². The van der Waals surface area contributed by atoms with Crippen LogP contribution in [0.25, 0.3) is 0 Å². The molecule has 7 nitrogen and oxygen atoms in total. The van der Waals surface area contributed by atoms with Gasteiger partial charge in [0.2, 0.25) is 5.91 Å². The van der Waals surface area contributed by atoms with Gasteiger partial charge in [-0.25, -0.2) is 12.8 Å². The molecule has 1 amide bonds. The molecule has 0 heterocycles. The topological polar surface area (TPSA) is 84.9 Å². The first-order valence-corrected chi connectivity index (χ1v) is 12.0. The number of carbonyl (C=O) groups excluding carboxylic acids is 1. The van der Waals surface area contributed by atoms with E-state index in [1.807, 2.05) is 31.2 Å². The van der Waals surface area contributed by atoms with Crippen molar-refractivity contribution in [2.24, 2.45) is 0 Å². The third-order valence-electron chi connectivity index (χ3n) is 5.04. The molecule has 0 spiro atoms. The Morgan fingerprint density at radius 3 is 2.29 bits per heavy atom. The number of aryl methyl sites for hydroxylation is 1. The molecule has 9 heteroatoms. The summed E-state index contributed by atoms with van der Waals surface area (Å²) >= 11 is 0. The smallest absolute Gasteiger partial charge is 0.264 e. The molecule has 0 saturated carbocycles. The van der Waals surface area contributed by atoms with E-state index in [4.69, 9.17) is 9.47 Å². The fraction of sp³-hybridized carbons (Fsp3) is 0.240. The average Bonchev–Trinajstić information content (AvgIpc) is 2.82. The van der Waals surface area contributed by atoms with Gasteiger partial charge in [-0.15, -0.1) is 0 Å². The van der Waals surface area contributed by atoms with E-state index in [-0.39, 0.29) is 23.2 Å². The highest BCUT2D eigenvalue weighted by atomic mass is 32.2. The van der Waals surface area contributed by atoms with Crippen LogP contribution >= 0.6 is 0 Å². The number of nitrogens with zero attached hydrogens (tertiary/aromatic N) is 1. The summed E-state index contributed by atoms with van der Waals surface area (Å²) in [6.07, 6.45) is 0. The van der Waals surface area contributed by atoms with E-state index in [0.29, 0.717) is 11.5 Å². The lowest BCUT2D eigenvalue weighted by Crippen LogP contribution is -2.45. The summed E-state index contributed by atoms with van der Waals surface area (Å²) in [6, 6.07) is 17.9. The normalized spacial score (nSPS) is 12.0. The lowest BCUT2D eigenvalue weighted by Gasteiger charge is -2.25. The Hall–Kier alpha value is -3.59. The van der Waals surface area contributed by atoms with Gasteiger partial charge >= 0.3 is 0 Å². The molecule has 1 unspecified atom stereocenters. The number of para-hydroxylation sites is 1. The molecule has 34 heavy (non-hydrogen) atoms. The molecule has 1 N–H and O–H groups in total. The molecule has 3 aromatic rings. The molecule has 0 aliphatic heterocycles. The van der Waals surface area contributed by atoms with Crippen LogP contribution in [0.4, 0.5) is 10.1 Å². The predicted molar refractivity (Wildman–Crippen MR) is 128 cm³/mol. The van der Waals surface area contributed by atoms with Gasteiger partial charge in [0.1, 0.15) is 30.5 Å². The first-order chi connectivity index (χ1) is 16.2. The number of carbonyl (C=O) groups is 1. The summed E-state index contributed by atoms with van der Waals surface area (Å²) in [5.41, 5.74) is 1.13. The summed E-state index contributed by atoms with van der Waals surface area (Å²) in [4.78, 5) is 12.8. The van der Waals surface area contributed by atoms with E-state index >= 15 is 0 Å². The van der Waals surface area contributed by atoms with Gasteiger partial charge in [-0.1, -0.05) is 18.2 Å². The molecule has 0 aliphatic carbocycles. The first kappa shape index (κ1) is 25.0. The highest BCUT2D eigenvalue weighted by Crippen LogP contribution is 2.25. The highest BCUT2D eigenvalue weighted by molar-refractivity contribution is 7.92. The maximum atomic E-state index is 13.5. The molecule has 0 aromatic heterocycles. The first-order valence-electron chi connectivity index (χ1n) is 10.6. The Kier molecular flexibility index (Phi) is 8.12. The van der Waals surface area contributed by atoms with Crippen molar-refractivity contribution in [2.45, 2.75) is 24.8 Å². The van der Waals surface area contributed by atoms with Gasteiger partial charge in [0, 0.05) is 0 Å². The summed E-state index contributed by atoms with van der Waals surface area (Å²) in [5, 5.41) is 2.76. The quantitative estimate of drug-likeness (QED) is 0.470. The monoisotopic (exact) mass is 486 g/mol. The van der Waals surface area contributed by atoms with Crippen molar-refractivity contribution in [2.75, 3.05) is 24.6 Å². The van der Waals surface area contributed by atoms with Crippen molar-refractivity contribution >= 4 is 21.6 Å². The van der Waals surface area contributed by atoms with E-state index in [0.717, 1.165) is 22.0 Å². The fourth-order valence-corrected chi connectivity index (χ4v) is 4.64. The number of nitrogens with one attached hydrogen (secondary N) is 1. The maximum Gasteiger partial charge on any atom is 0.264 e. The average molecular weight is 487 g/mol. The van der Waals surface area contributed by atoms with E-state index < -0.39 is 28.3 Å². The molecular weight excluding hydrogens is 459 g/mol. The number of amides is 1. The lowest BCUT2D eigenvalue weighted by atomic mass is 10.2. The second kappa shape index (κ2) is 11.0. The van der Waals surface area contributed by atoms with Crippen molar-refractivity contribution < 1.29 is 27.1 Å². The molecule has 3 aromatic carbocycles. The molecule has 1 atom stereocenters. The maximum absolute atomic E-state index is 13.5. The summed E-state index contributed by atoms with van der Waals surface area (Å²) in [6.45, 7) is 3.40. The number of halogens is 1. The van der Waals surface area contributed by atoms with Crippen LogP contribution in [0.3, 0.4) is 0 Å². The minimum absolute atomic E-state index is 0.0265. The molecule has 3 rings (SSSR count). The minimum Gasteiger partial charge on any atom is -0.497 e. The Bertz CT molecular complexity index is 1210. The van der Waals surface area contributed by atoms with Gasteiger partial charge in [0.25, 0.3) is 10.0 Å². The van der Waals surface area contributed by atoms with Crippen LogP contribution in [0, 0.1) is 12.7 Å². The van der Waals surface area contributed by atoms with Gasteiger partial charge in [-0.2, -0.15) is 0 Å². The number of hydrogen-bond donors (Lipinski definition) is 1. The van der Waals surface area contributed by atoms with Gasteiger partial charge < -0.3 is 14.8 Å². The van der Waals surface area contributed by atoms with Crippen LogP contribution in [0.15, 0.2) is 77.7 Å². The van der Waals surface area contributed by atoms with Crippen molar-refractivity contribution in [3.8, 4) is 11.5 Å². The second-order valence-electron chi connectivity index (χ2n) is 7.71. The third kappa shape index (κ3) is 6.26. The van der Waals surface area contributed by atoms with Crippen molar-refractivity contribution in [1.82, 2.24) is 5.32 Å². The zero-order valence-corrected chi connectivity index (χ0v) is 20.0. The van der Waals surface area contributed by atoms with Crippen molar-refractivity contribution in [3.63, 3.8) is 0 Å². The van der Waals surface area contributed by atoms with Crippen molar-refractivity contribution in [1.29, 1.82) is 0 Å². The van der Waals surface area contributed by atoms with Crippen LogP contribution in [0.2, 0.25) is 0 Å². The molecule has 180 valence electrons. The predicted octanol–water partition coefficient (Wildman–Crippen LogP) is 3.92. The van der Waals surface area contributed by atoms with Crippen LogP contribution in [-0.4, -0.2) is 40.6 Å². The Labute approximate surface area is 199 Å².